The quantitative estimate of drug-likeness (QED) is 0.372. The number of aryl methyl sites for hydroxylation is 1. The van der Waals surface area contributed by atoms with Crippen molar-refractivity contribution < 1.29 is 19.1 Å². The van der Waals surface area contributed by atoms with E-state index in [0.717, 1.165) is 42.5 Å². The summed E-state index contributed by atoms with van der Waals surface area (Å²) in [6.45, 7) is 4.49. The number of carbonyl (C=O) groups excluding carboxylic acids is 2. The molecule has 0 aliphatic carbocycles. The summed E-state index contributed by atoms with van der Waals surface area (Å²) in [5, 5.41) is 0. The van der Waals surface area contributed by atoms with Gasteiger partial charge in [-0.2, -0.15) is 0 Å². The topological polar surface area (TPSA) is 80.1 Å². The number of carbonyl (C=O) groups is 2. The van der Waals surface area contributed by atoms with Crippen LogP contribution < -0.4 is 14.4 Å². The fraction of sp³-hybridized carbons (Fsp3) is 0.464. The number of ether oxygens (including phenoxy) is 2. The summed E-state index contributed by atoms with van der Waals surface area (Å²) >= 11 is 0. The van der Waals surface area contributed by atoms with E-state index in [9.17, 15) is 9.59 Å². The maximum absolute atomic E-state index is 13.6. The molecule has 2 aromatic heterocycles. The number of benzene rings is 1. The Morgan fingerprint density at radius 2 is 1.95 bits per heavy atom. The first-order valence-corrected chi connectivity index (χ1v) is 12.9. The van der Waals surface area contributed by atoms with Crippen molar-refractivity contribution in [3.05, 3.63) is 47.8 Å². The minimum absolute atomic E-state index is 0.0582. The van der Waals surface area contributed by atoms with Gasteiger partial charge in [0.15, 0.2) is 11.5 Å². The van der Waals surface area contributed by atoms with Gasteiger partial charge in [-0.25, -0.2) is 4.79 Å². The number of unbranched alkanes of at least 4 members (excludes halogenated alkanes) is 2. The van der Waals surface area contributed by atoms with Gasteiger partial charge in [-0.1, -0.05) is 19.8 Å². The maximum atomic E-state index is 13.6. The molecule has 3 heterocycles. The molecule has 0 N–H and O–H groups in total. The van der Waals surface area contributed by atoms with Gasteiger partial charge in [0, 0.05) is 64.9 Å². The van der Waals surface area contributed by atoms with Crippen LogP contribution in [0.25, 0.3) is 11.0 Å². The second kappa shape index (κ2) is 11.5. The number of anilines is 1. The number of aromatic nitrogens is 2. The number of hydrogen-bond donors (Lipinski definition) is 0. The molecule has 0 saturated carbocycles. The number of methoxy groups -OCH3 is 1. The van der Waals surface area contributed by atoms with Crippen molar-refractivity contribution in [3.8, 4) is 11.5 Å². The molecule has 0 radical (unpaired) electrons. The first-order chi connectivity index (χ1) is 17.8. The molecule has 0 unspecified atom stereocenters. The monoisotopic (exact) mass is 507 g/mol. The third kappa shape index (κ3) is 5.50. The van der Waals surface area contributed by atoms with Gasteiger partial charge in [-0.15, -0.1) is 0 Å². The Balaban J connectivity index is 1.57. The molecule has 1 aliphatic heterocycles. The molecule has 1 fully saturated rings. The van der Waals surface area contributed by atoms with Crippen molar-refractivity contribution in [1.82, 2.24) is 19.4 Å². The van der Waals surface area contributed by atoms with Crippen LogP contribution in [-0.2, 0) is 13.6 Å². The van der Waals surface area contributed by atoms with E-state index in [1.807, 2.05) is 47.0 Å². The van der Waals surface area contributed by atoms with Crippen molar-refractivity contribution in [3.63, 3.8) is 0 Å². The largest absolute Gasteiger partial charge is 0.493 e. The summed E-state index contributed by atoms with van der Waals surface area (Å²) in [7, 11) is 6.99. The number of rotatable bonds is 10. The molecule has 9 heteroatoms. The average molecular weight is 508 g/mol. The smallest absolute Gasteiger partial charge is 0.324 e. The Morgan fingerprint density at radius 1 is 1.14 bits per heavy atom. The van der Waals surface area contributed by atoms with Crippen LogP contribution in [0.1, 0.15) is 48.5 Å². The van der Waals surface area contributed by atoms with E-state index >= 15 is 0 Å². The number of nitrogens with zero attached hydrogens (tertiary/aromatic N) is 5. The lowest BCUT2D eigenvalue weighted by Gasteiger charge is -2.36. The Labute approximate surface area is 218 Å². The predicted octanol–water partition coefficient (Wildman–Crippen LogP) is 4.69. The minimum atomic E-state index is -0.0947. The third-order valence-corrected chi connectivity index (χ3v) is 6.71. The maximum Gasteiger partial charge on any atom is 0.324 e. The van der Waals surface area contributed by atoms with E-state index in [1.54, 1.807) is 37.2 Å². The van der Waals surface area contributed by atoms with E-state index in [1.165, 1.54) is 0 Å². The molecule has 1 saturated heterocycles. The second-order valence-corrected chi connectivity index (χ2v) is 9.62. The number of amides is 3. The van der Waals surface area contributed by atoms with Gasteiger partial charge >= 0.3 is 6.03 Å². The first-order valence-electron chi connectivity index (χ1n) is 12.9. The van der Waals surface area contributed by atoms with Crippen molar-refractivity contribution in [2.45, 2.75) is 39.2 Å². The van der Waals surface area contributed by atoms with Gasteiger partial charge in [0.25, 0.3) is 5.91 Å². The highest BCUT2D eigenvalue weighted by molar-refractivity contribution is 6.06. The van der Waals surface area contributed by atoms with Crippen molar-refractivity contribution >= 4 is 28.7 Å². The second-order valence-electron chi connectivity index (χ2n) is 9.62. The number of hydrogen-bond acceptors (Lipinski definition) is 5. The average Bonchev–Trinajstić information content (AvgIpc) is 3.24. The lowest BCUT2D eigenvalue weighted by Crippen LogP contribution is -2.49. The molecule has 37 heavy (non-hydrogen) atoms. The molecule has 0 atom stereocenters. The van der Waals surface area contributed by atoms with Crippen molar-refractivity contribution in [2.75, 3.05) is 45.8 Å². The molecular weight excluding hydrogens is 470 g/mol. The van der Waals surface area contributed by atoms with Crippen molar-refractivity contribution in [2.24, 2.45) is 7.05 Å². The van der Waals surface area contributed by atoms with Gasteiger partial charge in [-0.3, -0.25) is 14.7 Å². The van der Waals surface area contributed by atoms with E-state index in [4.69, 9.17) is 9.47 Å². The van der Waals surface area contributed by atoms with E-state index in [0.29, 0.717) is 48.8 Å². The molecule has 1 aromatic carbocycles. The van der Waals surface area contributed by atoms with Gasteiger partial charge in [0.1, 0.15) is 5.52 Å². The number of pyridine rings is 1. The zero-order valence-electron chi connectivity index (χ0n) is 22.5. The SMILES string of the molecule is CCCCCOc1cc(N2CCCN(Cc3ccnc4c(C(=O)N(C)C)cn(C)c34)C2=O)ccc1OC. The van der Waals surface area contributed by atoms with Crippen LogP contribution in [0.5, 0.6) is 11.5 Å². The lowest BCUT2D eigenvalue weighted by atomic mass is 10.1. The van der Waals surface area contributed by atoms with E-state index in [-0.39, 0.29) is 11.9 Å². The molecule has 4 rings (SSSR count). The van der Waals surface area contributed by atoms with Crippen LogP contribution >= 0.6 is 0 Å². The molecule has 9 nitrogen and oxygen atoms in total. The minimum Gasteiger partial charge on any atom is -0.493 e. The predicted molar refractivity (Wildman–Crippen MR) is 145 cm³/mol. The fourth-order valence-electron chi connectivity index (χ4n) is 4.78. The number of urea groups is 1. The normalized spacial score (nSPS) is 13.8. The Bertz CT molecular complexity index is 1270. The first kappa shape index (κ1) is 26.3. The zero-order valence-corrected chi connectivity index (χ0v) is 22.5. The van der Waals surface area contributed by atoms with Crippen LogP contribution in [0, 0.1) is 0 Å². The Morgan fingerprint density at radius 3 is 2.68 bits per heavy atom. The highest BCUT2D eigenvalue weighted by atomic mass is 16.5. The Kier molecular flexibility index (Phi) is 8.21. The highest BCUT2D eigenvalue weighted by Gasteiger charge is 2.29. The fourth-order valence-corrected chi connectivity index (χ4v) is 4.78. The summed E-state index contributed by atoms with van der Waals surface area (Å²) in [5.41, 5.74) is 3.82. The third-order valence-electron chi connectivity index (χ3n) is 6.71. The van der Waals surface area contributed by atoms with Crippen molar-refractivity contribution in [1.29, 1.82) is 0 Å². The summed E-state index contributed by atoms with van der Waals surface area (Å²) in [4.78, 5) is 36.0. The highest BCUT2D eigenvalue weighted by Crippen LogP contribution is 2.34. The summed E-state index contributed by atoms with van der Waals surface area (Å²) in [6.07, 6.45) is 7.57. The van der Waals surface area contributed by atoms with Crippen LogP contribution in [-0.4, -0.2) is 72.2 Å². The molecule has 0 bridgehead atoms. The van der Waals surface area contributed by atoms with Crippen LogP contribution in [0.4, 0.5) is 10.5 Å². The molecule has 3 aromatic rings. The van der Waals surface area contributed by atoms with Crippen LogP contribution in [0.2, 0.25) is 0 Å². The molecule has 1 aliphatic rings. The van der Waals surface area contributed by atoms with E-state index in [2.05, 4.69) is 11.9 Å². The van der Waals surface area contributed by atoms with Gasteiger partial charge in [-0.05, 0) is 36.6 Å². The summed E-state index contributed by atoms with van der Waals surface area (Å²) < 4.78 is 13.4. The van der Waals surface area contributed by atoms with E-state index < -0.39 is 0 Å². The zero-order chi connectivity index (χ0) is 26.5. The summed E-state index contributed by atoms with van der Waals surface area (Å²) in [5.74, 6) is 1.22. The van der Waals surface area contributed by atoms with Gasteiger partial charge in [0.2, 0.25) is 0 Å². The molecule has 198 valence electrons. The standard InChI is InChI=1S/C28H37N5O4/c1-6-7-8-16-37-24-17-21(10-11-23(24)36-5)33-15-9-14-32(28(33)35)18-20-12-13-29-25-22(27(34)30(2)3)19-31(4)26(20)25/h10-13,17,19H,6-9,14-16,18H2,1-5H3. The molecule has 0 spiro atoms. The molecule has 3 amide bonds. The molecular formula is C28H37N5O4. The van der Waals surface area contributed by atoms with Gasteiger partial charge in [0.05, 0.1) is 24.8 Å². The van der Waals surface area contributed by atoms with Gasteiger partial charge < -0.3 is 23.8 Å². The van der Waals surface area contributed by atoms with Crippen LogP contribution in [0.3, 0.4) is 0 Å². The number of fused-ring (bicyclic) bond motifs is 1. The Hall–Kier alpha value is -3.75. The summed E-state index contributed by atoms with van der Waals surface area (Å²) in [6, 6.07) is 7.52. The lowest BCUT2D eigenvalue weighted by molar-refractivity contribution is 0.0829. The van der Waals surface area contributed by atoms with Crippen LogP contribution in [0.15, 0.2) is 36.7 Å².